The van der Waals surface area contributed by atoms with Crippen LogP contribution in [0.3, 0.4) is 0 Å². The number of fused-ring (bicyclic) bond motifs is 2. The van der Waals surface area contributed by atoms with Crippen LogP contribution >= 0.6 is 0 Å². The van der Waals surface area contributed by atoms with Gasteiger partial charge in [0.25, 0.3) is 0 Å². The summed E-state index contributed by atoms with van der Waals surface area (Å²) in [5, 5.41) is 0. The zero-order valence-corrected chi connectivity index (χ0v) is 24.1. The first-order valence-corrected chi connectivity index (χ1v) is 14.6. The largest absolute Gasteiger partial charge is 0.496 e. The third-order valence-corrected chi connectivity index (χ3v) is 8.62. The van der Waals surface area contributed by atoms with E-state index < -0.39 is 0 Å². The lowest BCUT2D eigenvalue weighted by atomic mass is 9.73. The zero-order chi connectivity index (χ0) is 26.4. The Bertz CT molecular complexity index is 1110. The minimum absolute atomic E-state index is 0.644. The first kappa shape index (κ1) is 27.7. The topological polar surface area (TPSA) is 15.7 Å². The van der Waals surface area contributed by atoms with E-state index in [9.17, 15) is 0 Å². The Balaban J connectivity index is 0.00000156. The summed E-state index contributed by atoms with van der Waals surface area (Å²) in [6, 6.07) is 13.5. The SMILES string of the molecule is C/C=C1/c2cc(C)c(OC)cc2CCC1C(C)CN1CCN(CC2=Cc3ccccc3CC2)CC1.CC. The highest BCUT2D eigenvalue weighted by molar-refractivity contribution is 5.73. The van der Waals surface area contributed by atoms with Gasteiger partial charge in [0.15, 0.2) is 0 Å². The van der Waals surface area contributed by atoms with Gasteiger partial charge in [-0.1, -0.05) is 62.8 Å². The number of methoxy groups -OCH3 is 1. The Morgan fingerprint density at radius 2 is 1.70 bits per heavy atom. The molecule has 3 heteroatoms. The molecule has 1 heterocycles. The maximum atomic E-state index is 5.59. The van der Waals surface area contributed by atoms with Crippen LogP contribution in [0.1, 0.15) is 68.4 Å². The summed E-state index contributed by atoms with van der Waals surface area (Å²) in [6.45, 7) is 18.0. The molecule has 200 valence electrons. The van der Waals surface area contributed by atoms with E-state index in [1.165, 1.54) is 79.8 Å². The highest BCUT2D eigenvalue weighted by Gasteiger charge is 2.30. The molecule has 3 nitrogen and oxygen atoms in total. The van der Waals surface area contributed by atoms with Crippen molar-refractivity contribution in [3.8, 4) is 5.75 Å². The summed E-state index contributed by atoms with van der Waals surface area (Å²) in [6.07, 6.45) is 9.64. The van der Waals surface area contributed by atoms with Gasteiger partial charge in [-0.2, -0.15) is 0 Å². The van der Waals surface area contributed by atoms with Crippen LogP contribution in [-0.2, 0) is 12.8 Å². The molecular formula is C34H48N2O. The number of nitrogens with zero attached hydrogens (tertiary/aromatic N) is 2. The average molecular weight is 501 g/mol. The van der Waals surface area contributed by atoms with Crippen molar-refractivity contribution in [3.05, 3.63) is 75.9 Å². The van der Waals surface area contributed by atoms with E-state index in [1.54, 1.807) is 18.3 Å². The molecule has 0 spiro atoms. The fourth-order valence-corrected chi connectivity index (χ4v) is 6.62. The summed E-state index contributed by atoms with van der Waals surface area (Å²) < 4.78 is 5.59. The molecule has 2 aliphatic carbocycles. The normalized spacial score (nSPS) is 21.8. The highest BCUT2D eigenvalue weighted by Crippen LogP contribution is 2.42. The van der Waals surface area contributed by atoms with Crippen molar-refractivity contribution >= 4 is 11.6 Å². The maximum absolute atomic E-state index is 5.59. The molecule has 0 aromatic heterocycles. The number of aryl methyl sites for hydroxylation is 3. The summed E-state index contributed by atoms with van der Waals surface area (Å²) in [7, 11) is 1.78. The van der Waals surface area contributed by atoms with Crippen molar-refractivity contribution in [3.63, 3.8) is 0 Å². The molecule has 0 saturated carbocycles. The molecule has 3 aliphatic rings. The Labute approximate surface area is 226 Å². The number of piperazine rings is 1. The second kappa shape index (κ2) is 12.9. The zero-order valence-electron chi connectivity index (χ0n) is 24.1. The van der Waals surface area contributed by atoms with Gasteiger partial charge in [-0.15, -0.1) is 0 Å². The Morgan fingerprint density at radius 3 is 2.43 bits per heavy atom. The fourth-order valence-electron chi connectivity index (χ4n) is 6.62. The molecule has 2 aromatic rings. The lowest BCUT2D eigenvalue weighted by molar-refractivity contribution is 0.119. The molecular weight excluding hydrogens is 452 g/mol. The average Bonchev–Trinajstić information content (AvgIpc) is 2.94. The maximum Gasteiger partial charge on any atom is 0.122 e. The third kappa shape index (κ3) is 6.38. The summed E-state index contributed by atoms with van der Waals surface area (Å²) in [5.74, 6) is 2.34. The molecule has 37 heavy (non-hydrogen) atoms. The lowest BCUT2D eigenvalue weighted by Gasteiger charge is -2.39. The monoisotopic (exact) mass is 500 g/mol. The van der Waals surface area contributed by atoms with Gasteiger partial charge in [-0.05, 0) is 96.9 Å². The van der Waals surface area contributed by atoms with Gasteiger partial charge in [-0.3, -0.25) is 4.90 Å². The Hall–Kier alpha value is -2.36. The summed E-state index contributed by atoms with van der Waals surface area (Å²) in [5.41, 5.74) is 10.3. The van der Waals surface area contributed by atoms with Gasteiger partial charge < -0.3 is 9.64 Å². The van der Waals surface area contributed by atoms with Crippen LogP contribution < -0.4 is 4.74 Å². The van der Waals surface area contributed by atoms with Gasteiger partial charge in [-0.25, -0.2) is 0 Å². The standard InChI is InChI=1S/C32H42N2O.C2H6/c1-5-29-30(13-12-28-20-32(35-4)23(2)18-31(28)29)24(3)21-33-14-16-34(17-15-33)22-25-10-11-26-8-6-7-9-27(26)19-25;1-2/h5-9,18-20,24,30H,10-17,21-22H2,1-4H3;1-2H3/b29-5+;. The molecule has 2 unspecified atom stereocenters. The lowest BCUT2D eigenvalue weighted by Crippen LogP contribution is -2.48. The van der Waals surface area contributed by atoms with Crippen LogP contribution in [0.25, 0.3) is 11.6 Å². The van der Waals surface area contributed by atoms with Crippen molar-refractivity contribution < 1.29 is 4.74 Å². The minimum atomic E-state index is 0.644. The molecule has 5 rings (SSSR count). The second-order valence-corrected chi connectivity index (χ2v) is 10.9. The van der Waals surface area contributed by atoms with Crippen molar-refractivity contribution in [2.24, 2.45) is 11.8 Å². The van der Waals surface area contributed by atoms with Crippen molar-refractivity contribution in [2.45, 2.75) is 60.3 Å². The van der Waals surface area contributed by atoms with E-state index in [0.29, 0.717) is 11.8 Å². The van der Waals surface area contributed by atoms with Gasteiger partial charge in [0.1, 0.15) is 5.75 Å². The van der Waals surface area contributed by atoms with E-state index in [2.05, 4.69) is 79.1 Å². The van der Waals surface area contributed by atoms with Crippen molar-refractivity contribution in [2.75, 3.05) is 46.4 Å². The van der Waals surface area contributed by atoms with E-state index in [0.717, 1.165) is 18.7 Å². The molecule has 1 fully saturated rings. The van der Waals surface area contributed by atoms with E-state index >= 15 is 0 Å². The van der Waals surface area contributed by atoms with Gasteiger partial charge in [0, 0.05) is 39.3 Å². The first-order chi connectivity index (χ1) is 18.1. The quantitative estimate of drug-likeness (QED) is 0.414. The van der Waals surface area contributed by atoms with Crippen LogP contribution in [0.15, 0.2) is 48.0 Å². The molecule has 0 amide bonds. The van der Waals surface area contributed by atoms with E-state index in [-0.39, 0.29) is 0 Å². The molecule has 1 aliphatic heterocycles. The molecule has 2 aromatic carbocycles. The highest BCUT2D eigenvalue weighted by atomic mass is 16.5. The fraction of sp³-hybridized carbons (Fsp3) is 0.529. The van der Waals surface area contributed by atoms with Gasteiger partial charge in [0.05, 0.1) is 7.11 Å². The number of rotatable bonds is 6. The minimum Gasteiger partial charge on any atom is -0.496 e. The predicted molar refractivity (Wildman–Crippen MR) is 159 cm³/mol. The van der Waals surface area contributed by atoms with Crippen molar-refractivity contribution in [1.29, 1.82) is 0 Å². The predicted octanol–water partition coefficient (Wildman–Crippen LogP) is 7.28. The summed E-state index contributed by atoms with van der Waals surface area (Å²) >= 11 is 0. The smallest absolute Gasteiger partial charge is 0.122 e. The molecule has 1 saturated heterocycles. The number of hydrogen-bond donors (Lipinski definition) is 0. The Morgan fingerprint density at radius 1 is 0.973 bits per heavy atom. The number of hydrogen-bond acceptors (Lipinski definition) is 3. The van der Waals surface area contributed by atoms with Crippen LogP contribution in [0, 0.1) is 18.8 Å². The second-order valence-electron chi connectivity index (χ2n) is 10.9. The van der Waals surface area contributed by atoms with Crippen LogP contribution in [0.4, 0.5) is 0 Å². The third-order valence-electron chi connectivity index (χ3n) is 8.62. The van der Waals surface area contributed by atoms with Gasteiger partial charge in [0.2, 0.25) is 0 Å². The van der Waals surface area contributed by atoms with Crippen LogP contribution in [-0.4, -0.2) is 56.2 Å². The number of ether oxygens (including phenoxy) is 1. The van der Waals surface area contributed by atoms with Gasteiger partial charge >= 0.3 is 0 Å². The van der Waals surface area contributed by atoms with E-state index in [4.69, 9.17) is 4.74 Å². The summed E-state index contributed by atoms with van der Waals surface area (Å²) in [4.78, 5) is 5.39. The molecule has 2 atom stereocenters. The molecule has 0 N–H and O–H groups in total. The number of allylic oxidation sites excluding steroid dienone is 2. The molecule has 0 bridgehead atoms. The first-order valence-electron chi connectivity index (χ1n) is 14.6. The van der Waals surface area contributed by atoms with E-state index in [1.807, 2.05) is 13.8 Å². The van der Waals surface area contributed by atoms with Crippen LogP contribution in [0.2, 0.25) is 0 Å². The van der Waals surface area contributed by atoms with Crippen molar-refractivity contribution in [1.82, 2.24) is 9.80 Å². The van der Waals surface area contributed by atoms with Crippen LogP contribution in [0.5, 0.6) is 5.75 Å². The number of benzene rings is 2. The Kier molecular flexibility index (Phi) is 9.67. The molecule has 0 radical (unpaired) electrons.